The monoisotopic (exact) mass is 540 g/mol. The molecule has 206 valence electrons. The van der Waals surface area contributed by atoms with E-state index < -0.39 is 0 Å². The maximum atomic E-state index is 13.7. The molecule has 0 amide bonds. The Hall–Kier alpha value is -4.37. The number of tetrazole rings is 1. The quantitative estimate of drug-likeness (QED) is 0.252. The second-order valence-electron chi connectivity index (χ2n) is 10.1. The van der Waals surface area contributed by atoms with E-state index in [0.29, 0.717) is 37.4 Å². The number of aromatic amines is 1. The minimum atomic E-state index is -0.289. The van der Waals surface area contributed by atoms with Crippen LogP contribution in [0.25, 0.3) is 10.9 Å². The molecule has 1 atom stereocenters. The molecule has 0 aliphatic heterocycles. The summed E-state index contributed by atoms with van der Waals surface area (Å²) in [6.07, 6.45) is 0.702. The summed E-state index contributed by atoms with van der Waals surface area (Å²) in [7, 11) is 1.64. The topological polar surface area (TPSA) is 88.9 Å². The van der Waals surface area contributed by atoms with Crippen LogP contribution in [0.3, 0.4) is 0 Å². The number of nitrogens with zero attached hydrogens (tertiary/aromatic N) is 5. The van der Waals surface area contributed by atoms with E-state index in [9.17, 15) is 9.18 Å². The standard InChI is InChI=1S/C31H33FN6O2/c1-5-28(30-34-35-36-38(30)18-23-9-14-27(40-4)15-10-23)37(17-22-7-12-26(32)13-8-22)19-25-16-24-11-6-20(2)21(3)29(24)33-31(25)39/h6-16,28H,5,17-19H2,1-4H3,(H,33,39)/t28-/m0/s1. The number of H-pyrrole nitrogens is 1. The summed E-state index contributed by atoms with van der Waals surface area (Å²) in [6.45, 7) is 7.47. The van der Waals surface area contributed by atoms with E-state index >= 15 is 0 Å². The molecule has 0 saturated carbocycles. The molecule has 0 aliphatic carbocycles. The zero-order valence-electron chi connectivity index (χ0n) is 23.2. The fraction of sp³-hybridized carbons (Fsp3) is 0.290. The maximum Gasteiger partial charge on any atom is 0.252 e. The highest BCUT2D eigenvalue weighted by molar-refractivity contribution is 5.83. The zero-order chi connectivity index (χ0) is 28.2. The average molecular weight is 541 g/mol. The van der Waals surface area contributed by atoms with E-state index in [1.807, 2.05) is 50.2 Å². The Kier molecular flexibility index (Phi) is 8.02. The highest BCUT2D eigenvalue weighted by Gasteiger charge is 2.26. The van der Waals surface area contributed by atoms with Gasteiger partial charge in [0, 0.05) is 18.7 Å². The van der Waals surface area contributed by atoms with Gasteiger partial charge in [-0.2, -0.15) is 0 Å². The van der Waals surface area contributed by atoms with Crippen LogP contribution >= 0.6 is 0 Å². The first-order chi connectivity index (χ1) is 19.4. The fourth-order valence-corrected chi connectivity index (χ4v) is 5.08. The first-order valence-corrected chi connectivity index (χ1v) is 13.4. The number of hydrogen-bond acceptors (Lipinski definition) is 6. The van der Waals surface area contributed by atoms with Crippen molar-refractivity contribution in [3.8, 4) is 5.75 Å². The Labute approximate surface area is 232 Å². The third-order valence-corrected chi connectivity index (χ3v) is 7.48. The molecule has 0 aliphatic rings. The van der Waals surface area contributed by atoms with E-state index in [0.717, 1.165) is 38.9 Å². The highest BCUT2D eigenvalue weighted by atomic mass is 19.1. The van der Waals surface area contributed by atoms with Crippen LogP contribution in [0.5, 0.6) is 5.75 Å². The van der Waals surface area contributed by atoms with Crippen molar-refractivity contribution in [2.45, 2.75) is 52.9 Å². The Morgan fingerprint density at radius 3 is 2.42 bits per heavy atom. The fourth-order valence-electron chi connectivity index (χ4n) is 5.08. The number of aryl methyl sites for hydroxylation is 2. The van der Waals surface area contributed by atoms with E-state index in [4.69, 9.17) is 4.74 Å². The van der Waals surface area contributed by atoms with Gasteiger partial charge >= 0.3 is 0 Å². The first-order valence-electron chi connectivity index (χ1n) is 13.4. The molecule has 1 N–H and O–H groups in total. The van der Waals surface area contributed by atoms with Crippen LogP contribution in [0.15, 0.2) is 71.5 Å². The Bertz CT molecular complexity index is 1660. The zero-order valence-corrected chi connectivity index (χ0v) is 23.2. The van der Waals surface area contributed by atoms with Gasteiger partial charge in [0.1, 0.15) is 11.6 Å². The third kappa shape index (κ3) is 5.79. The maximum absolute atomic E-state index is 13.7. The van der Waals surface area contributed by atoms with Crippen molar-refractivity contribution in [3.05, 3.63) is 117 Å². The molecule has 3 aromatic carbocycles. The van der Waals surface area contributed by atoms with Gasteiger partial charge in [0.25, 0.3) is 5.56 Å². The molecule has 40 heavy (non-hydrogen) atoms. The SMILES string of the molecule is CC[C@@H](c1nnnn1Cc1ccc(OC)cc1)N(Cc1ccc(F)cc1)Cc1cc2ccc(C)c(C)c2[nH]c1=O. The van der Waals surface area contributed by atoms with Crippen molar-refractivity contribution in [3.63, 3.8) is 0 Å². The van der Waals surface area contributed by atoms with E-state index in [-0.39, 0.29) is 17.4 Å². The number of hydrogen-bond donors (Lipinski definition) is 1. The number of ether oxygens (including phenoxy) is 1. The minimum Gasteiger partial charge on any atom is -0.497 e. The molecule has 5 rings (SSSR count). The number of pyridine rings is 1. The summed E-state index contributed by atoms with van der Waals surface area (Å²) in [5.41, 5.74) is 5.53. The van der Waals surface area contributed by atoms with Crippen molar-refractivity contribution in [1.29, 1.82) is 0 Å². The molecule has 0 unspecified atom stereocenters. The predicted molar refractivity (Wildman–Crippen MR) is 153 cm³/mol. The lowest BCUT2D eigenvalue weighted by atomic mass is 10.0. The summed E-state index contributed by atoms with van der Waals surface area (Å²) in [6, 6.07) is 20.1. The number of methoxy groups -OCH3 is 1. The normalized spacial score (nSPS) is 12.2. The second kappa shape index (κ2) is 11.8. The van der Waals surface area contributed by atoms with Gasteiger partial charge in [-0.1, -0.05) is 43.3 Å². The molecule has 0 radical (unpaired) electrons. The van der Waals surface area contributed by atoms with Gasteiger partial charge in [-0.25, -0.2) is 9.07 Å². The molecular weight excluding hydrogens is 507 g/mol. The van der Waals surface area contributed by atoms with Crippen molar-refractivity contribution < 1.29 is 9.13 Å². The largest absolute Gasteiger partial charge is 0.497 e. The van der Waals surface area contributed by atoms with Gasteiger partial charge in [-0.3, -0.25) is 9.69 Å². The van der Waals surface area contributed by atoms with E-state index in [1.165, 1.54) is 12.1 Å². The van der Waals surface area contributed by atoms with Crippen LogP contribution in [0, 0.1) is 19.7 Å². The molecule has 0 spiro atoms. The van der Waals surface area contributed by atoms with E-state index in [1.54, 1.807) is 23.9 Å². The lowest BCUT2D eigenvalue weighted by Gasteiger charge is -2.30. The van der Waals surface area contributed by atoms with Gasteiger partial charge in [0.2, 0.25) is 0 Å². The molecule has 2 heterocycles. The highest BCUT2D eigenvalue weighted by Crippen LogP contribution is 2.28. The van der Waals surface area contributed by atoms with Crippen LogP contribution in [0.4, 0.5) is 4.39 Å². The van der Waals surface area contributed by atoms with Gasteiger partial charge in [-0.05, 0) is 88.7 Å². The minimum absolute atomic E-state index is 0.127. The van der Waals surface area contributed by atoms with Crippen LogP contribution in [-0.4, -0.2) is 37.2 Å². The summed E-state index contributed by atoms with van der Waals surface area (Å²) >= 11 is 0. The Morgan fingerprint density at radius 2 is 1.73 bits per heavy atom. The van der Waals surface area contributed by atoms with Crippen LogP contribution in [-0.2, 0) is 19.6 Å². The Balaban J connectivity index is 1.51. The number of rotatable bonds is 10. The number of aromatic nitrogens is 5. The van der Waals surface area contributed by atoms with Gasteiger partial charge in [0.15, 0.2) is 5.82 Å². The van der Waals surface area contributed by atoms with Crippen LogP contribution in [0.2, 0.25) is 0 Å². The summed E-state index contributed by atoms with van der Waals surface area (Å²) in [5, 5.41) is 13.7. The smallest absolute Gasteiger partial charge is 0.252 e. The average Bonchev–Trinajstić information content (AvgIpc) is 3.41. The van der Waals surface area contributed by atoms with E-state index in [2.05, 4.69) is 38.4 Å². The number of fused-ring (bicyclic) bond motifs is 1. The molecule has 2 aromatic heterocycles. The number of benzene rings is 3. The second-order valence-corrected chi connectivity index (χ2v) is 10.1. The van der Waals surface area contributed by atoms with Crippen molar-refractivity contribution >= 4 is 10.9 Å². The van der Waals surface area contributed by atoms with Gasteiger partial charge in [0.05, 0.1) is 25.2 Å². The van der Waals surface area contributed by atoms with Crippen molar-refractivity contribution in [2.75, 3.05) is 7.11 Å². The van der Waals surface area contributed by atoms with Crippen LogP contribution in [0.1, 0.15) is 53.0 Å². The van der Waals surface area contributed by atoms with Gasteiger partial charge < -0.3 is 9.72 Å². The summed E-state index contributed by atoms with van der Waals surface area (Å²) < 4.78 is 20.8. The van der Waals surface area contributed by atoms with Crippen molar-refractivity contribution in [1.82, 2.24) is 30.1 Å². The summed E-state index contributed by atoms with van der Waals surface area (Å²) in [4.78, 5) is 18.6. The molecule has 5 aromatic rings. The lowest BCUT2D eigenvalue weighted by Crippen LogP contribution is -2.32. The summed E-state index contributed by atoms with van der Waals surface area (Å²) in [5.74, 6) is 1.19. The third-order valence-electron chi connectivity index (χ3n) is 7.48. The molecule has 0 saturated heterocycles. The molecule has 0 fully saturated rings. The van der Waals surface area contributed by atoms with Crippen LogP contribution < -0.4 is 10.3 Å². The number of nitrogens with one attached hydrogen (secondary N) is 1. The lowest BCUT2D eigenvalue weighted by molar-refractivity contribution is 0.161. The first kappa shape index (κ1) is 27.2. The predicted octanol–water partition coefficient (Wildman–Crippen LogP) is 5.48. The molecule has 8 nitrogen and oxygen atoms in total. The molecule has 0 bridgehead atoms. The number of halogens is 1. The van der Waals surface area contributed by atoms with Gasteiger partial charge in [-0.15, -0.1) is 5.10 Å². The Morgan fingerprint density at radius 1 is 1.00 bits per heavy atom. The molecule has 9 heteroatoms. The molecular formula is C31H33FN6O2. The van der Waals surface area contributed by atoms with Crippen molar-refractivity contribution in [2.24, 2.45) is 0 Å².